The molecular formula is C17H25FN2. The van der Waals surface area contributed by atoms with Crippen LogP contribution in [-0.4, -0.2) is 30.6 Å². The normalized spacial score (nSPS) is 24.1. The predicted molar refractivity (Wildman–Crippen MR) is 80.2 cm³/mol. The fourth-order valence-electron chi connectivity index (χ4n) is 4.00. The van der Waals surface area contributed by atoms with Crippen molar-refractivity contribution < 1.29 is 4.39 Å². The molecule has 1 heterocycles. The quantitative estimate of drug-likeness (QED) is 0.919. The molecule has 1 saturated carbocycles. The molecule has 1 aliphatic carbocycles. The highest BCUT2D eigenvalue weighted by molar-refractivity contribution is 5.27. The first-order chi connectivity index (χ1) is 9.73. The average Bonchev–Trinajstić information content (AvgIpc) is 3.02. The largest absolute Gasteiger partial charge is 0.330 e. The van der Waals surface area contributed by atoms with E-state index in [2.05, 4.69) is 4.90 Å². The minimum absolute atomic E-state index is 0.0583. The molecule has 20 heavy (non-hydrogen) atoms. The van der Waals surface area contributed by atoms with Crippen LogP contribution in [0.5, 0.6) is 0 Å². The summed E-state index contributed by atoms with van der Waals surface area (Å²) in [7, 11) is 0. The molecule has 1 saturated heterocycles. The van der Waals surface area contributed by atoms with E-state index in [0.717, 1.165) is 32.0 Å². The Labute approximate surface area is 121 Å². The second-order valence-electron chi connectivity index (χ2n) is 6.47. The molecule has 2 nitrogen and oxygen atoms in total. The van der Waals surface area contributed by atoms with Crippen molar-refractivity contribution in [2.75, 3.05) is 19.6 Å². The van der Waals surface area contributed by atoms with Crippen molar-refractivity contribution in [3.8, 4) is 0 Å². The second-order valence-corrected chi connectivity index (χ2v) is 6.47. The van der Waals surface area contributed by atoms with E-state index < -0.39 is 0 Å². The summed E-state index contributed by atoms with van der Waals surface area (Å²) in [4.78, 5) is 2.66. The van der Waals surface area contributed by atoms with Gasteiger partial charge < -0.3 is 10.6 Å². The maximum absolute atomic E-state index is 13.1. The Morgan fingerprint density at radius 3 is 2.25 bits per heavy atom. The van der Waals surface area contributed by atoms with Gasteiger partial charge in [-0.25, -0.2) is 4.39 Å². The van der Waals surface area contributed by atoms with Crippen molar-refractivity contribution in [2.45, 2.75) is 50.0 Å². The van der Waals surface area contributed by atoms with Gasteiger partial charge in [0.1, 0.15) is 5.82 Å². The molecule has 0 atom stereocenters. The van der Waals surface area contributed by atoms with Gasteiger partial charge in [0.15, 0.2) is 0 Å². The van der Waals surface area contributed by atoms with E-state index in [-0.39, 0.29) is 11.2 Å². The Morgan fingerprint density at radius 1 is 1.10 bits per heavy atom. The van der Waals surface area contributed by atoms with Gasteiger partial charge in [-0.1, -0.05) is 25.0 Å². The van der Waals surface area contributed by atoms with Gasteiger partial charge >= 0.3 is 0 Å². The van der Waals surface area contributed by atoms with Crippen LogP contribution in [0.1, 0.15) is 44.1 Å². The van der Waals surface area contributed by atoms with Crippen molar-refractivity contribution in [1.29, 1.82) is 0 Å². The molecule has 2 aliphatic rings. The number of hydrogen-bond donors (Lipinski definition) is 1. The van der Waals surface area contributed by atoms with E-state index in [1.807, 2.05) is 12.1 Å². The van der Waals surface area contributed by atoms with Gasteiger partial charge in [0.2, 0.25) is 0 Å². The van der Waals surface area contributed by atoms with Gasteiger partial charge in [-0.15, -0.1) is 0 Å². The molecule has 0 spiro atoms. The fraction of sp³-hybridized carbons (Fsp3) is 0.647. The maximum atomic E-state index is 13.1. The summed E-state index contributed by atoms with van der Waals surface area (Å²) in [5.74, 6) is -0.163. The lowest BCUT2D eigenvalue weighted by Gasteiger charge is -2.43. The van der Waals surface area contributed by atoms with Crippen LogP contribution in [0.15, 0.2) is 24.3 Å². The van der Waals surface area contributed by atoms with Crippen LogP contribution >= 0.6 is 0 Å². The van der Waals surface area contributed by atoms with Crippen LogP contribution in [0.3, 0.4) is 0 Å². The summed E-state index contributed by atoms with van der Waals surface area (Å²) < 4.78 is 13.1. The summed E-state index contributed by atoms with van der Waals surface area (Å²) in [6.07, 6.45) is 7.72. The molecule has 0 amide bonds. The average molecular weight is 276 g/mol. The second kappa shape index (κ2) is 5.82. The number of hydrogen-bond acceptors (Lipinski definition) is 2. The molecule has 0 aromatic heterocycles. The zero-order valence-electron chi connectivity index (χ0n) is 12.2. The molecule has 1 aromatic carbocycles. The third-order valence-corrected chi connectivity index (χ3v) is 5.44. The summed E-state index contributed by atoms with van der Waals surface area (Å²) in [5.41, 5.74) is 7.37. The number of piperidine rings is 1. The number of benzene rings is 1. The summed E-state index contributed by atoms with van der Waals surface area (Å²) in [6.45, 7) is 2.94. The molecule has 1 aromatic rings. The molecule has 2 fully saturated rings. The highest BCUT2D eigenvalue weighted by atomic mass is 19.1. The number of rotatable bonds is 3. The molecule has 110 valence electrons. The van der Waals surface area contributed by atoms with E-state index in [1.165, 1.54) is 31.2 Å². The number of likely N-dealkylation sites (tertiary alicyclic amines) is 1. The van der Waals surface area contributed by atoms with Crippen LogP contribution in [0.2, 0.25) is 0 Å². The minimum Gasteiger partial charge on any atom is -0.330 e. The van der Waals surface area contributed by atoms with Crippen molar-refractivity contribution in [3.63, 3.8) is 0 Å². The summed E-state index contributed by atoms with van der Waals surface area (Å²) >= 11 is 0. The highest BCUT2D eigenvalue weighted by Gasteiger charge is 2.37. The molecule has 2 N–H and O–H groups in total. The molecule has 1 aliphatic heterocycles. The predicted octanol–water partition coefficient (Wildman–Crippen LogP) is 3.06. The maximum Gasteiger partial charge on any atom is 0.123 e. The van der Waals surface area contributed by atoms with Crippen LogP contribution < -0.4 is 5.73 Å². The van der Waals surface area contributed by atoms with Crippen LogP contribution in [0.4, 0.5) is 4.39 Å². The van der Waals surface area contributed by atoms with Crippen LogP contribution in [0.25, 0.3) is 0 Å². The molecule has 0 unspecified atom stereocenters. The zero-order chi connectivity index (χ0) is 14.0. The molecular weight excluding hydrogens is 251 g/mol. The first kappa shape index (κ1) is 14.0. The van der Waals surface area contributed by atoms with Crippen molar-refractivity contribution in [2.24, 2.45) is 5.73 Å². The third-order valence-electron chi connectivity index (χ3n) is 5.44. The van der Waals surface area contributed by atoms with Crippen molar-refractivity contribution in [3.05, 3.63) is 35.6 Å². The van der Waals surface area contributed by atoms with E-state index in [4.69, 9.17) is 5.73 Å². The highest BCUT2D eigenvalue weighted by Crippen LogP contribution is 2.37. The molecule has 0 bridgehead atoms. The van der Waals surface area contributed by atoms with Crippen molar-refractivity contribution in [1.82, 2.24) is 4.90 Å². The van der Waals surface area contributed by atoms with Gasteiger partial charge in [0.05, 0.1) is 0 Å². The summed E-state index contributed by atoms with van der Waals surface area (Å²) in [6, 6.07) is 7.78. The van der Waals surface area contributed by atoms with Gasteiger partial charge in [-0.05, 0) is 56.5 Å². The smallest absolute Gasteiger partial charge is 0.123 e. The number of halogens is 1. The lowest BCUT2D eigenvalue weighted by atomic mass is 9.72. The standard InChI is InChI=1S/C17H25FN2/c18-15-7-5-14(6-8-15)17(13-19)9-11-20(12-10-17)16-3-1-2-4-16/h5-8,16H,1-4,9-13,19H2. The van der Waals surface area contributed by atoms with Crippen LogP contribution in [-0.2, 0) is 5.41 Å². The molecule has 3 rings (SSSR count). The van der Waals surface area contributed by atoms with E-state index >= 15 is 0 Å². The minimum atomic E-state index is -0.163. The first-order valence-corrected chi connectivity index (χ1v) is 7.94. The topological polar surface area (TPSA) is 29.3 Å². The monoisotopic (exact) mass is 276 g/mol. The molecule has 0 radical (unpaired) electrons. The third kappa shape index (κ3) is 2.61. The Balaban J connectivity index is 1.70. The Kier molecular flexibility index (Phi) is 4.08. The van der Waals surface area contributed by atoms with E-state index in [9.17, 15) is 4.39 Å². The lowest BCUT2D eigenvalue weighted by Crippen LogP contribution is -2.49. The molecule has 3 heteroatoms. The fourth-order valence-corrected chi connectivity index (χ4v) is 4.00. The van der Waals surface area contributed by atoms with Gasteiger partial charge in [0.25, 0.3) is 0 Å². The van der Waals surface area contributed by atoms with Crippen LogP contribution in [0, 0.1) is 5.82 Å². The lowest BCUT2D eigenvalue weighted by molar-refractivity contribution is 0.118. The van der Waals surface area contributed by atoms with E-state index in [0.29, 0.717) is 6.54 Å². The number of nitrogens with zero attached hydrogens (tertiary/aromatic N) is 1. The Bertz CT molecular complexity index is 429. The van der Waals surface area contributed by atoms with Gasteiger partial charge in [-0.3, -0.25) is 0 Å². The van der Waals surface area contributed by atoms with Gasteiger partial charge in [-0.2, -0.15) is 0 Å². The summed E-state index contributed by atoms with van der Waals surface area (Å²) in [5, 5.41) is 0. The van der Waals surface area contributed by atoms with E-state index in [1.54, 1.807) is 12.1 Å². The first-order valence-electron chi connectivity index (χ1n) is 7.94. The van der Waals surface area contributed by atoms with Crippen molar-refractivity contribution >= 4 is 0 Å². The zero-order valence-corrected chi connectivity index (χ0v) is 12.2. The Hall–Kier alpha value is -0.930. The number of nitrogens with two attached hydrogens (primary N) is 1. The Morgan fingerprint density at radius 2 is 1.70 bits per heavy atom. The SMILES string of the molecule is NCC1(c2ccc(F)cc2)CCN(C2CCCC2)CC1. The van der Waals surface area contributed by atoms with Gasteiger partial charge in [0, 0.05) is 18.0 Å².